The summed E-state index contributed by atoms with van der Waals surface area (Å²) in [6.45, 7) is 4.38. The molecule has 4 N–H and O–H groups in total. The van der Waals surface area contributed by atoms with E-state index in [0.717, 1.165) is 0 Å². The maximum Gasteiger partial charge on any atom is 0.255 e. The zero-order valence-corrected chi connectivity index (χ0v) is 16.5. The molecule has 0 saturated carbocycles. The Morgan fingerprint density at radius 1 is 1.07 bits per heavy atom. The van der Waals surface area contributed by atoms with Gasteiger partial charge in [0.1, 0.15) is 5.75 Å². The summed E-state index contributed by atoms with van der Waals surface area (Å²) in [5.41, 5.74) is 0.522. The maximum atomic E-state index is 12.7. The summed E-state index contributed by atoms with van der Waals surface area (Å²) in [4.78, 5) is 26.2. The summed E-state index contributed by atoms with van der Waals surface area (Å²) < 4.78 is 24.4. The number of amides is 2. The van der Waals surface area contributed by atoms with E-state index >= 15 is 0 Å². The monoisotopic (exact) mass is 405 g/mol. The quantitative estimate of drug-likeness (QED) is 0.604. The second kappa shape index (κ2) is 8.85. The van der Waals surface area contributed by atoms with E-state index < -0.39 is 21.8 Å². The Balaban J connectivity index is 2.38. The van der Waals surface area contributed by atoms with Gasteiger partial charge in [0.2, 0.25) is 15.9 Å². The summed E-state index contributed by atoms with van der Waals surface area (Å²) in [6, 6.07) is 10.2. The van der Waals surface area contributed by atoms with Gasteiger partial charge >= 0.3 is 0 Å². The minimum atomic E-state index is -4.24. The number of nitrogens with zero attached hydrogens (tertiary/aromatic N) is 1. The molecule has 2 amide bonds. The van der Waals surface area contributed by atoms with Crippen LogP contribution >= 0.6 is 0 Å². The molecule has 0 spiro atoms. The number of carbonyl (C=O) groups is 2. The zero-order valence-electron chi connectivity index (χ0n) is 15.7. The molecule has 28 heavy (non-hydrogen) atoms. The fraction of sp³-hybridized carbons (Fsp3) is 0.263. The molecule has 2 aromatic carbocycles. The van der Waals surface area contributed by atoms with Crippen molar-refractivity contribution in [1.82, 2.24) is 4.90 Å². The molecular formula is C19H23N3O5S. The van der Waals surface area contributed by atoms with Crippen molar-refractivity contribution in [2.75, 3.05) is 18.4 Å². The van der Waals surface area contributed by atoms with Crippen molar-refractivity contribution in [3.8, 4) is 5.75 Å². The number of phenols is 1. The molecule has 2 aromatic rings. The smallest absolute Gasteiger partial charge is 0.255 e. The number of carbonyl (C=O) groups excluding carboxylic acids is 2. The highest BCUT2D eigenvalue weighted by Gasteiger charge is 2.26. The van der Waals surface area contributed by atoms with E-state index in [-0.39, 0.29) is 28.2 Å². The SMILES string of the molecule is CCN(CC)C(=O)c1cccc(CC(=O)Nc2ccc(O)cc2)c1S(N)(=O)=O. The van der Waals surface area contributed by atoms with Crippen LogP contribution in [0.1, 0.15) is 29.8 Å². The van der Waals surface area contributed by atoms with Crippen molar-refractivity contribution in [2.24, 2.45) is 5.14 Å². The fourth-order valence-electron chi connectivity index (χ4n) is 2.83. The van der Waals surface area contributed by atoms with Gasteiger partial charge in [-0.25, -0.2) is 13.6 Å². The van der Waals surface area contributed by atoms with Gasteiger partial charge in [0, 0.05) is 18.8 Å². The van der Waals surface area contributed by atoms with Crippen LogP contribution in [-0.2, 0) is 21.2 Å². The molecule has 0 heterocycles. The number of phenolic OH excluding ortho intramolecular Hbond substituents is 1. The number of aromatic hydroxyl groups is 1. The van der Waals surface area contributed by atoms with Gasteiger partial charge in [-0.1, -0.05) is 12.1 Å². The van der Waals surface area contributed by atoms with Crippen LogP contribution in [0, 0.1) is 0 Å². The Morgan fingerprint density at radius 2 is 1.68 bits per heavy atom. The van der Waals surface area contributed by atoms with Crippen LogP contribution in [-0.4, -0.2) is 43.3 Å². The molecule has 0 aromatic heterocycles. The first-order valence-electron chi connectivity index (χ1n) is 8.70. The lowest BCUT2D eigenvalue weighted by molar-refractivity contribution is -0.115. The third kappa shape index (κ3) is 5.08. The molecule has 0 radical (unpaired) electrons. The molecule has 2 rings (SSSR count). The van der Waals surface area contributed by atoms with E-state index in [0.29, 0.717) is 18.8 Å². The Bertz CT molecular complexity index is 968. The Labute approximate surface area is 164 Å². The molecule has 0 aliphatic rings. The molecule has 0 aliphatic heterocycles. The van der Waals surface area contributed by atoms with Crippen molar-refractivity contribution in [2.45, 2.75) is 25.2 Å². The van der Waals surface area contributed by atoms with Gasteiger partial charge in [-0.15, -0.1) is 0 Å². The average molecular weight is 405 g/mol. The van der Waals surface area contributed by atoms with E-state index in [1.165, 1.54) is 47.4 Å². The number of anilines is 1. The van der Waals surface area contributed by atoms with E-state index in [9.17, 15) is 23.1 Å². The van der Waals surface area contributed by atoms with E-state index in [2.05, 4.69) is 5.32 Å². The number of nitrogens with one attached hydrogen (secondary N) is 1. The minimum Gasteiger partial charge on any atom is -0.508 e. The maximum absolute atomic E-state index is 12.7. The Morgan fingerprint density at radius 3 is 2.21 bits per heavy atom. The number of hydrogen-bond donors (Lipinski definition) is 3. The number of hydrogen-bond acceptors (Lipinski definition) is 5. The van der Waals surface area contributed by atoms with Crippen molar-refractivity contribution in [3.63, 3.8) is 0 Å². The summed E-state index contributed by atoms with van der Waals surface area (Å²) in [6.07, 6.45) is -0.286. The predicted molar refractivity (Wildman–Crippen MR) is 106 cm³/mol. The van der Waals surface area contributed by atoms with Gasteiger partial charge in [0.05, 0.1) is 16.9 Å². The van der Waals surface area contributed by atoms with Crippen LogP contribution in [0.5, 0.6) is 5.75 Å². The number of primary sulfonamides is 1. The van der Waals surface area contributed by atoms with E-state index in [1.54, 1.807) is 13.8 Å². The van der Waals surface area contributed by atoms with Gasteiger partial charge in [-0.3, -0.25) is 9.59 Å². The first kappa shape index (κ1) is 21.4. The summed E-state index contributed by atoms with van der Waals surface area (Å²) in [5.74, 6) is -0.894. The lowest BCUT2D eigenvalue weighted by Crippen LogP contribution is -2.33. The number of benzene rings is 2. The minimum absolute atomic E-state index is 0.0529. The van der Waals surface area contributed by atoms with Crippen LogP contribution in [0.2, 0.25) is 0 Å². The molecule has 0 saturated heterocycles. The highest BCUT2D eigenvalue weighted by atomic mass is 32.2. The van der Waals surface area contributed by atoms with Crippen LogP contribution in [0.4, 0.5) is 5.69 Å². The molecule has 0 aliphatic carbocycles. The van der Waals surface area contributed by atoms with Crippen LogP contribution in [0.3, 0.4) is 0 Å². The van der Waals surface area contributed by atoms with Crippen molar-refractivity contribution in [1.29, 1.82) is 0 Å². The Kier molecular flexibility index (Phi) is 6.76. The molecule has 8 nitrogen and oxygen atoms in total. The van der Waals surface area contributed by atoms with Gasteiger partial charge in [-0.05, 0) is 49.7 Å². The van der Waals surface area contributed by atoms with Gasteiger partial charge < -0.3 is 15.3 Å². The van der Waals surface area contributed by atoms with Gasteiger partial charge in [0.15, 0.2) is 0 Å². The highest BCUT2D eigenvalue weighted by molar-refractivity contribution is 7.89. The lowest BCUT2D eigenvalue weighted by Gasteiger charge is -2.21. The third-order valence-corrected chi connectivity index (χ3v) is 5.22. The van der Waals surface area contributed by atoms with Gasteiger partial charge in [-0.2, -0.15) is 0 Å². The fourth-order valence-corrected chi connectivity index (χ4v) is 3.80. The first-order valence-corrected chi connectivity index (χ1v) is 10.2. The second-order valence-corrected chi connectivity index (χ2v) is 7.59. The largest absolute Gasteiger partial charge is 0.508 e. The Hall–Kier alpha value is -2.91. The number of sulfonamides is 1. The summed E-state index contributed by atoms with van der Waals surface area (Å²) >= 11 is 0. The van der Waals surface area contributed by atoms with Crippen molar-refractivity contribution < 1.29 is 23.1 Å². The van der Waals surface area contributed by atoms with Gasteiger partial charge in [0.25, 0.3) is 5.91 Å². The topological polar surface area (TPSA) is 130 Å². The molecule has 0 unspecified atom stereocenters. The standard InChI is InChI=1S/C19H23N3O5S/c1-3-22(4-2)19(25)16-7-5-6-13(18(16)28(20,26)27)12-17(24)21-14-8-10-15(23)11-9-14/h5-11,23H,3-4,12H2,1-2H3,(H,21,24)(H2,20,26,27). The highest BCUT2D eigenvalue weighted by Crippen LogP contribution is 2.23. The summed E-state index contributed by atoms with van der Waals surface area (Å²) in [7, 11) is -4.24. The number of nitrogens with two attached hydrogens (primary N) is 1. The summed E-state index contributed by atoms with van der Waals surface area (Å²) in [5, 5.41) is 17.3. The van der Waals surface area contributed by atoms with Crippen molar-refractivity contribution >= 4 is 27.5 Å². The second-order valence-electron chi connectivity index (χ2n) is 6.09. The third-order valence-electron chi connectivity index (χ3n) is 4.16. The average Bonchev–Trinajstić information content (AvgIpc) is 2.63. The van der Waals surface area contributed by atoms with Crippen LogP contribution < -0.4 is 10.5 Å². The zero-order chi connectivity index (χ0) is 20.9. The molecular weight excluding hydrogens is 382 g/mol. The van der Waals surface area contributed by atoms with E-state index in [1.807, 2.05) is 0 Å². The number of rotatable bonds is 7. The molecule has 150 valence electrons. The van der Waals surface area contributed by atoms with E-state index in [4.69, 9.17) is 5.14 Å². The first-order chi connectivity index (χ1) is 13.2. The molecule has 9 heteroatoms. The van der Waals surface area contributed by atoms with Crippen LogP contribution in [0.25, 0.3) is 0 Å². The van der Waals surface area contributed by atoms with Crippen molar-refractivity contribution in [3.05, 3.63) is 53.6 Å². The van der Waals surface area contributed by atoms with Crippen LogP contribution in [0.15, 0.2) is 47.4 Å². The predicted octanol–water partition coefficient (Wildman–Crippen LogP) is 1.70. The lowest BCUT2D eigenvalue weighted by atomic mass is 10.1. The molecule has 0 fully saturated rings. The molecule has 0 atom stereocenters. The molecule has 0 bridgehead atoms. The normalized spacial score (nSPS) is 11.1.